The zero-order valence-corrected chi connectivity index (χ0v) is 35.4. The third-order valence-corrected chi connectivity index (χ3v) is 13.5. The molecule has 0 radical (unpaired) electrons. The third-order valence-electron chi connectivity index (χ3n) is 13.5. The summed E-state index contributed by atoms with van der Waals surface area (Å²) >= 11 is 0. The molecule has 0 aliphatic rings. The fourth-order valence-corrected chi connectivity index (χ4v) is 10.6. The van der Waals surface area contributed by atoms with E-state index in [1.54, 1.807) is 0 Å². The molecule has 13 rings (SSSR count). The molecule has 0 aliphatic carbocycles. The van der Waals surface area contributed by atoms with Crippen molar-refractivity contribution in [1.82, 2.24) is 13.5 Å². The Morgan fingerprint density at radius 1 is 0.385 bits per heavy atom. The molecule has 0 N–H and O–H groups in total. The summed E-state index contributed by atoms with van der Waals surface area (Å²) in [4.78, 5) is 14.5. The molecule has 0 aliphatic heterocycles. The van der Waals surface area contributed by atoms with Crippen LogP contribution in [0.1, 0.15) is 0 Å². The van der Waals surface area contributed by atoms with Crippen molar-refractivity contribution in [2.24, 2.45) is 0 Å². The average molecular weight is 830 g/mol. The lowest BCUT2D eigenvalue weighted by atomic mass is 9.98. The Morgan fingerprint density at radius 3 is 1.62 bits per heavy atom. The van der Waals surface area contributed by atoms with E-state index in [2.05, 4.69) is 204 Å². The van der Waals surface area contributed by atoms with Gasteiger partial charge in [-0.25, -0.2) is 0 Å². The van der Waals surface area contributed by atoms with Crippen LogP contribution in [0.2, 0.25) is 0 Å². The highest BCUT2D eigenvalue weighted by molar-refractivity contribution is 6.21. The van der Waals surface area contributed by atoms with E-state index in [0.29, 0.717) is 5.39 Å². The number of hydrogen-bond donors (Lipinski definition) is 0. The average Bonchev–Trinajstić information content (AvgIpc) is 4.00. The Bertz CT molecular complexity index is 4240. The summed E-state index contributed by atoms with van der Waals surface area (Å²) in [5.41, 5.74) is 15.3. The van der Waals surface area contributed by atoms with Crippen LogP contribution in [0.4, 0.5) is 0 Å². The zero-order valence-electron chi connectivity index (χ0n) is 35.4. The lowest BCUT2D eigenvalue weighted by Crippen LogP contribution is -2.12. The normalized spacial score (nSPS) is 12.3. The molecular weight excluding hydrogens is 791 g/mol. The minimum absolute atomic E-state index is 0.00490. The molecule has 13 aromatic rings. The Morgan fingerprint density at radius 2 is 0.877 bits per heavy atom. The van der Waals surface area contributed by atoms with E-state index in [-0.39, 0.29) is 5.56 Å². The van der Waals surface area contributed by atoms with Gasteiger partial charge in [0.15, 0.2) is 0 Å². The van der Waals surface area contributed by atoms with Gasteiger partial charge in [0, 0.05) is 54.5 Å². The van der Waals surface area contributed by atoms with Crippen LogP contribution in [-0.2, 0) is 0 Å². The fraction of sp³-hybridized carbons (Fsp3) is 0. The summed E-state index contributed by atoms with van der Waals surface area (Å²) in [5, 5.41) is 9.70. The molecule has 4 heteroatoms. The summed E-state index contributed by atoms with van der Waals surface area (Å²) in [6, 6.07) is 69.2. The Balaban J connectivity index is 0.934. The molecule has 304 valence electrons. The van der Waals surface area contributed by atoms with Gasteiger partial charge in [-0.05, 0) is 124 Å². The number of aromatic nitrogens is 3. The quantitative estimate of drug-likeness (QED) is 0.116. The van der Waals surface area contributed by atoms with E-state index in [4.69, 9.17) is 0 Å². The second-order valence-electron chi connectivity index (χ2n) is 17.0. The van der Waals surface area contributed by atoms with Gasteiger partial charge in [0.1, 0.15) is 0 Å². The molecule has 0 unspecified atom stereocenters. The monoisotopic (exact) mass is 829 g/mol. The number of benzene rings is 9. The van der Waals surface area contributed by atoms with Crippen molar-refractivity contribution in [3.05, 3.63) is 236 Å². The van der Waals surface area contributed by atoms with Gasteiger partial charge in [0.2, 0.25) is 0 Å². The number of allylic oxidation sites excluding steroid dienone is 4. The van der Waals surface area contributed by atoms with E-state index in [1.165, 1.54) is 21.5 Å². The van der Waals surface area contributed by atoms with Gasteiger partial charge in [0.05, 0.1) is 33.1 Å². The number of fused-ring (bicyclic) bond motifs is 11. The number of para-hydroxylation sites is 3. The molecule has 9 aromatic carbocycles. The molecule has 0 saturated heterocycles. The third kappa shape index (κ3) is 5.41. The highest BCUT2D eigenvalue weighted by Crippen LogP contribution is 2.41. The van der Waals surface area contributed by atoms with Crippen LogP contribution < -0.4 is 5.56 Å². The van der Waals surface area contributed by atoms with Gasteiger partial charge < -0.3 is 9.13 Å². The Kier molecular flexibility index (Phi) is 8.03. The van der Waals surface area contributed by atoms with Crippen molar-refractivity contribution in [2.75, 3.05) is 0 Å². The van der Waals surface area contributed by atoms with Crippen LogP contribution >= 0.6 is 0 Å². The van der Waals surface area contributed by atoms with E-state index in [0.717, 1.165) is 99.4 Å². The zero-order chi connectivity index (χ0) is 43.3. The first-order valence-electron chi connectivity index (χ1n) is 22.0. The van der Waals surface area contributed by atoms with Crippen molar-refractivity contribution in [3.63, 3.8) is 0 Å². The first-order chi connectivity index (χ1) is 32.1. The summed E-state index contributed by atoms with van der Waals surface area (Å²) in [5.74, 6) is 0. The standard InChI is InChI=1S/C61H39N3O/c1-3-14-44(4-2)62-55-23-10-8-19-46(55)52-36-42(27-30-57(52)62)43-28-31-58-53(37-43)47-20-9-11-24-56(47)63(58)45-18-12-17-39(33-45)41-25-29-50-51(34-41)48-21-13-22-49-54-35-40(38-15-6-5-7-16-38)26-32-59(54)64(60(48)49)61(50)65/h3-37H,1-2H2/b44-14+. The minimum atomic E-state index is 0.00490. The van der Waals surface area contributed by atoms with Gasteiger partial charge in [-0.2, -0.15) is 0 Å². The van der Waals surface area contributed by atoms with Gasteiger partial charge in [0.25, 0.3) is 5.56 Å². The number of nitrogens with zero attached hydrogens (tertiary/aromatic N) is 3. The van der Waals surface area contributed by atoms with Crippen LogP contribution in [0.15, 0.2) is 230 Å². The number of rotatable bonds is 7. The largest absolute Gasteiger partial charge is 0.309 e. The van der Waals surface area contributed by atoms with Gasteiger partial charge in [-0.3, -0.25) is 9.20 Å². The van der Waals surface area contributed by atoms with Crippen LogP contribution in [0.3, 0.4) is 0 Å². The predicted octanol–water partition coefficient (Wildman–Crippen LogP) is 15.6. The second-order valence-corrected chi connectivity index (χ2v) is 17.0. The summed E-state index contributed by atoms with van der Waals surface area (Å²) in [6.07, 6.45) is 5.70. The van der Waals surface area contributed by atoms with Gasteiger partial charge in [-0.15, -0.1) is 0 Å². The SMILES string of the molecule is C=C/C=C(\C=C)n1c2ccccc2c2cc(-c3ccc4c(c3)c3ccccc3n4-c3cccc(-c4ccc5c(=O)n6c7ccc(-c8ccccc8)cc7c7cccc(c5c4)c76)c3)ccc21. The summed E-state index contributed by atoms with van der Waals surface area (Å²) in [7, 11) is 0. The van der Waals surface area contributed by atoms with Gasteiger partial charge in [-0.1, -0.05) is 141 Å². The molecule has 4 heterocycles. The van der Waals surface area contributed by atoms with Crippen molar-refractivity contribution >= 4 is 87.3 Å². The maximum absolute atomic E-state index is 14.5. The lowest BCUT2D eigenvalue weighted by molar-refractivity contribution is 1.18. The summed E-state index contributed by atoms with van der Waals surface area (Å²) < 4.78 is 6.56. The van der Waals surface area contributed by atoms with Crippen LogP contribution in [-0.4, -0.2) is 13.5 Å². The van der Waals surface area contributed by atoms with E-state index >= 15 is 0 Å². The maximum Gasteiger partial charge on any atom is 0.263 e. The molecule has 4 aromatic heterocycles. The van der Waals surface area contributed by atoms with E-state index < -0.39 is 0 Å². The van der Waals surface area contributed by atoms with Crippen LogP contribution in [0.25, 0.3) is 126 Å². The number of hydrogen-bond acceptors (Lipinski definition) is 1. The van der Waals surface area contributed by atoms with Crippen LogP contribution in [0, 0.1) is 0 Å². The van der Waals surface area contributed by atoms with Crippen molar-refractivity contribution < 1.29 is 0 Å². The van der Waals surface area contributed by atoms with Gasteiger partial charge >= 0.3 is 0 Å². The first-order valence-corrected chi connectivity index (χ1v) is 22.0. The molecule has 0 spiro atoms. The topological polar surface area (TPSA) is 31.3 Å². The van der Waals surface area contributed by atoms with Crippen molar-refractivity contribution in [3.8, 4) is 39.1 Å². The van der Waals surface area contributed by atoms with E-state index in [9.17, 15) is 4.79 Å². The van der Waals surface area contributed by atoms with Crippen LogP contribution in [0.5, 0.6) is 0 Å². The molecule has 65 heavy (non-hydrogen) atoms. The highest BCUT2D eigenvalue weighted by Gasteiger charge is 2.20. The lowest BCUT2D eigenvalue weighted by Gasteiger charge is -2.12. The van der Waals surface area contributed by atoms with Crippen molar-refractivity contribution in [2.45, 2.75) is 0 Å². The van der Waals surface area contributed by atoms with E-state index in [1.807, 2.05) is 34.8 Å². The van der Waals surface area contributed by atoms with Crippen molar-refractivity contribution in [1.29, 1.82) is 0 Å². The molecule has 4 nitrogen and oxygen atoms in total. The molecule has 0 atom stereocenters. The molecule has 0 saturated carbocycles. The maximum atomic E-state index is 14.5. The highest BCUT2D eigenvalue weighted by atomic mass is 16.1. The fourth-order valence-electron chi connectivity index (χ4n) is 10.6. The number of pyridine rings is 1. The summed E-state index contributed by atoms with van der Waals surface area (Å²) in [6.45, 7) is 8.06. The second kappa shape index (κ2) is 14.1. The molecule has 0 bridgehead atoms. The molecule has 0 fully saturated rings. The smallest absolute Gasteiger partial charge is 0.263 e. The molecular formula is C61H39N3O. The minimum Gasteiger partial charge on any atom is -0.309 e. The Hall–Kier alpha value is -8.73. The predicted molar refractivity (Wildman–Crippen MR) is 276 cm³/mol. The Labute approximate surface area is 374 Å². The first kappa shape index (κ1) is 36.9. The molecule has 0 amide bonds.